The Bertz CT molecular complexity index is 322. The first-order valence-electron chi connectivity index (χ1n) is 7.47. The third kappa shape index (κ3) is 5.20. The number of carbonyl (C=O) groups is 1. The number of hydrogen-bond acceptors (Lipinski definition) is 3. The van der Waals surface area contributed by atoms with Crippen molar-refractivity contribution in [1.29, 1.82) is 5.26 Å². The summed E-state index contributed by atoms with van der Waals surface area (Å²) in [7, 11) is 0. The van der Waals surface area contributed by atoms with E-state index in [1.807, 2.05) is 4.90 Å². The molecule has 1 aliphatic rings. The van der Waals surface area contributed by atoms with E-state index in [0.717, 1.165) is 32.2 Å². The first-order valence-corrected chi connectivity index (χ1v) is 7.47. The molecule has 2 atom stereocenters. The van der Waals surface area contributed by atoms with E-state index < -0.39 is 0 Å². The van der Waals surface area contributed by atoms with Crippen LogP contribution in [0.1, 0.15) is 52.4 Å². The number of nitrogens with zero attached hydrogens (tertiary/aromatic N) is 2. The van der Waals surface area contributed by atoms with Crippen LogP contribution in [-0.4, -0.2) is 29.9 Å². The van der Waals surface area contributed by atoms with Crippen LogP contribution in [0.4, 0.5) is 0 Å². The van der Waals surface area contributed by atoms with Gasteiger partial charge in [0, 0.05) is 19.1 Å². The molecule has 0 heterocycles. The van der Waals surface area contributed by atoms with Gasteiger partial charge in [-0.1, -0.05) is 33.1 Å². The molecular formula is C15H27N3O. The minimum atomic E-state index is -0.0417. The Kier molecular flexibility index (Phi) is 6.86. The van der Waals surface area contributed by atoms with E-state index in [2.05, 4.69) is 19.9 Å². The number of carbonyl (C=O) groups excluding carboxylic acids is 1. The highest BCUT2D eigenvalue weighted by Gasteiger charge is 2.30. The third-order valence-electron chi connectivity index (χ3n) is 3.78. The van der Waals surface area contributed by atoms with E-state index in [1.165, 1.54) is 6.42 Å². The lowest BCUT2D eigenvalue weighted by molar-refractivity contribution is -0.137. The van der Waals surface area contributed by atoms with Gasteiger partial charge in [-0.2, -0.15) is 5.26 Å². The van der Waals surface area contributed by atoms with Gasteiger partial charge in [-0.3, -0.25) is 4.79 Å². The molecule has 1 saturated carbocycles. The Hall–Kier alpha value is -1.08. The molecule has 0 aromatic heterocycles. The summed E-state index contributed by atoms with van der Waals surface area (Å²) >= 11 is 0. The molecule has 1 fully saturated rings. The molecule has 0 aliphatic heterocycles. The molecule has 0 aromatic rings. The topological polar surface area (TPSA) is 70.1 Å². The molecule has 4 heteroatoms. The summed E-state index contributed by atoms with van der Waals surface area (Å²) in [6.45, 7) is 5.46. The summed E-state index contributed by atoms with van der Waals surface area (Å²) in [6, 6.07) is 2.12. The zero-order chi connectivity index (χ0) is 14.3. The zero-order valence-electron chi connectivity index (χ0n) is 12.3. The average molecular weight is 265 g/mol. The van der Waals surface area contributed by atoms with Crippen molar-refractivity contribution < 1.29 is 4.79 Å². The molecule has 1 amide bonds. The predicted octanol–water partition coefficient (Wildman–Crippen LogP) is 2.29. The summed E-state index contributed by atoms with van der Waals surface area (Å²) in [5, 5.41) is 8.73. The van der Waals surface area contributed by atoms with Crippen LogP contribution in [0.5, 0.6) is 0 Å². The van der Waals surface area contributed by atoms with Crippen LogP contribution in [0.15, 0.2) is 0 Å². The molecule has 0 saturated heterocycles. The van der Waals surface area contributed by atoms with E-state index in [9.17, 15) is 4.79 Å². The molecule has 0 aromatic carbocycles. The molecule has 108 valence electrons. The second-order valence-corrected chi connectivity index (χ2v) is 5.99. The first kappa shape index (κ1) is 16.0. The van der Waals surface area contributed by atoms with Gasteiger partial charge in [0.25, 0.3) is 0 Å². The van der Waals surface area contributed by atoms with Crippen LogP contribution in [0.25, 0.3) is 0 Å². The van der Waals surface area contributed by atoms with Gasteiger partial charge in [-0.15, -0.1) is 0 Å². The lowest BCUT2D eigenvalue weighted by Gasteiger charge is -2.30. The molecule has 1 aliphatic carbocycles. The average Bonchev–Trinajstić information content (AvgIpc) is 2.58. The normalized spacial score (nSPS) is 23.7. The van der Waals surface area contributed by atoms with Crippen LogP contribution in [0.2, 0.25) is 0 Å². The fourth-order valence-electron chi connectivity index (χ4n) is 2.79. The van der Waals surface area contributed by atoms with E-state index in [0.29, 0.717) is 18.9 Å². The Labute approximate surface area is 116 Å². The Morgan fingerprint density at radius 1 is 1.37 bits per heavy atom. The van der Waals surface area contributed by atoms with Gasteiger partial charge in [0.1, 0.15) is 0 Å². The maximum Gasteiger partial charge on any atom is 0.227 e. The highest BCUT2D eigenvalue weighted by molar-refractivity contribution is 5.79. The van der Waals surface area contributed by atoms with Crippen molar-refractivity contribution in [1.82, 2.24) is 4.90 Å². The molecule has 0 spiro atoms. The maximum absolute atomic E-state index is 12.6. The maximum atomic E-state index is 12.6. The smallest absolute Gasteiger partial charge is 0.227 e. The summed E-state index contributed by atoms with van der Waals surface area (Å²) in [4.78, 5) is 14.5. The zero-order valence-corrected chi connectivity index (χ0v) is 12.3. The number of amides is 1. The minimum Gasteiger partial charge on any atom is -0.341 e. The van der Waals surface area contributed by atoms with E-state index in [4.69, 9.17) is 11.0 Å². The van der Waals surface area contributed by atoms with Gasteiger partial charge < -0.3 is 10.6 Å². The van der Waals surface area contributed by atoms with Crippen LogP contribution in [0.3, 0.4) is 0 Å². The molecule has 0 radical (unpaired) electrons. The standard InChI is InChI=1S/C15H27N3O/c1-12(2)11-18(10-6-9-16)15(19)13-7-4-3-5-8-14(13)17/h12-14H,3-8,10-11,17H2,1-2H3. The van der Waals surface area contributed by atoms with Crippen LogP contribution >= 0.6 is 0 Å². The van der Waals surface area contributed by atoms with Crippen LogP contribution in [-0.2, 0) is 4.79 Å². The third-order valence-corrected chi connectivity index (χ3v) is 3.78. The van der Waals surface area contributed by atoms with Crippen LogP contribution in [0, 0.1) is 23.2 Å². The van der Waals surface area contributed by atoms with E-state index in [-0.39, 0.29) is 17.9 Å². The largest absolute Gasteiger partial charge is 0.341 e. The van der Waals surface area contributed by atoms with Crippen molar-refractivity contribution in [2.24, 2.45) is 17.6 Å². The lowest BCUT2D eigenvalue weighted by atomic mass is 9.93. The van der Waals surface area contributed by atoms with Gasteiger partial charge in [-0.05, 0) is 18.8 Å². The molecular weight excluding hydrogens is 238 g/mol. The van der Waals surface area contributed by atoms with Crippen molar-refractivity contribution in [3.63, 3.8) is 0 Å². The number of hydrogen-bond donors (Lipinski definition) is 1. The van der Waals surface area contributed by atoms with Gasteiger partial charge in [0.2, 0.25) is 5.91 Å². The summed E-state index contributed by atoms with van der Waals surface area (Å²) in [6.07, 6.45) is 5.66. The second-order valence-electron chi connectivity index (χ2n) is 5.99. The quantitative estimate of drug-likeness (QED) is 0.775. The Morgan fingerprint density at radius 2 is 2.05 bits per heavy atom. The van der Waals surface area contributed by atoms with Gasteiger partial charge in [-0.25, -0.2) is 0 Å². The minimum absolute atomic E-state index is 0.00764. The SMILES string of the molecule is CC(C)CN(CCC#N)C(=O)C1CCCCCC1N. The molecule has 1 rings (SSSR count). The van der Waals surface area contributed by atoms with Crippen molar-refractivity contribution in [3.8, 4) is 6.07 Å². The van der Waals surface area contributed by atoms with Gasteiger partial charge in [0.15, 0.2) is 0 Å². The fraction of sp³-hybridized carbons (Fsp3) is 0.867. The molecule has 0 bridgehead atoms. The highest BCUT2D eigenvalue weighted by atomic mass is 16.2. The summed E-state index contributed by atoms with van der Waals surface area (Å²) < 4.78 is 0. The molecule has 4 nitrogen and oxygen atoms in total. The van der Waals surface area contributed by atoms with Crippen LogP contribution < -0.4 is 5.73 Å². The second kappa shape index (κ2) is 8.16. The highest BCUT2D eigenvalue weighted by Crippen LogP contribution is 2.24. The van der Waals surface area contributed by atoms with Crippen molar-refractivity contribution in [2.45, 2.75) is 58.4 Å². The molecule has 2 unspecified atom stereocenters. The Morgan fingerprint density at radius 3 is 2.68 bits per heavy atom. The van der Waals surface area contributed by atoms with Gasteiger partial charge in [0.05, 0.1) is 18.4 Å². The number of rotatable bonds is 5. The number of nitrogens with two attached hydrogens (primary N) is 1. The number of nitriles is 1. The van der Waals surface area contributed by atoms with E-state index in [1.54, 1.807) is 0 Å². The molecule has 19 heavy (non-hydrogen) atoms. The predicted molar refractivity (Wildman–Crippen MR) is 76.2 cm³/mol. The van der Waals surface area contributed by atoms with Gasteiger partial charge >= 0.3 is 0 Å². The van der Waals surface area contributed by atoms with E-state index >= 15 is 0 Å². The summed E-state index contributed by atoms with van der Waals surface area (Å²) in [5.74, 6) is 0.544. The monoisotopic (exact) mass is 265 g/mol. The Balaban J connectivity index is 2.69. The molecule has 2 N–H and O–H groups in total. The summed E-state index contributed by atoms with van der Waals surface area (Å²) in [5.41, 5.74) is 6.16. The lowest BCUT2D eigenvalue weighted by Crippen LogP contribution is -2.45. The first-order chi connectivity index (χ1) is 9.06. The van der Waals surface area contributed by atoms with Crippen molar-refractivity contribution in [3.05, 3.63) is 0 Å². The van der Waals surface area contributed by atoms with Crippen molar-refractivity contribution >= 4 is 5.91 Å². The van der Waals surface area contributed by atoms with Crippen molar-refractivity contribution in [2.75, 3.05) is 13.1 Å². The fourth-order valence-corrected chi connectivity index (χ4v) is 2.79.